The molecule has 1 aliphatic carbocycles. The summed E-state index contributed by atoms with van der Waals surface area (Å²) in [7, 11) is -3.69. The average Bonchev–Trinajstić information content (AvgIpc) is 3.28. The number of aliphatic hydroxyl groups excluding tert-OH is 1. The molecule has 2 aliphatic heterocycles. The molecule has 2 aromatic heterocycles. The van der Waals surface area contributed by atoms with Crippen LogP contribution in [0.1, 0.15) is 38.5 Å². The molecular formula is C25H30F2N6O4S2. The van der Waals surface area contributed by atoms with Crippen molar-refractivity contribution in [3.8, 4) is 23.0 Å². The Bertz CT molecular complexity index is 1440. The SMILES string of the molecule is O=S(=O)(CCO)Nc1ccc(-c2nnc(-c3csc(N4CCC(F)(F)CC4)n3)o2)c(N2CCC3(CC2)CC3)c1. The summed E-state index contributed by atoms with van der Waals surface area (Å²) in [5.74, 6) is -2.51. The van der Waals surface area contributed by atoms with Crippen molar-refractivity contribution in [3.05, 3.63) is 23.6 Å². The number of benzene rings is 1. The molecule has 6 rings (SSSR count). The number of sulfonamides is 1. The standard InChI is InChI=1S/C25H30F2N6O4S2/c26-25(27)7-11-33(12-8-25)23-28-19(16-38-23)22-30-29-21(37-22)18-2-1-17(31-39(35,36)14-13-34)15-20(18)32-9-5-24(3-4-24)6-10-32/h1-2,15-16,31,34H,3-14H2. The van der Waals surface area contributed by atoms with Crippen LogP contribution >= 0.6 is 11.3 Å². The van der Waals surface area contributed by atoms with E-state index in [0.29, 0.717) is 27.5 Å². The van der Waals surface area contributed by atoms with E-state index in [1.165, 1.54) is 24.2 Å². The lowest BCUT2D eigenvalue weighted by Gasteiger charge is -2.35. The second-order valence-electron chi connectivity index (χ2n) is 10.6. The molecule has 3 fully saturated rings. The largest absolute Gasteiger partial charge is 0.414 e. The molecule has 0 unspecified atom stereocenters. The monoisotopic (exact) mass is 580 g/mol. The Balaban J connectivity index is 1.26. The number of aromatic nitrogens is 3. The van der Waals surface area contributed by atoms with Crippen LogP contribution in [0.5, 0.6) is 0 Å². The molecule has 0 atom stereocenters. The van der Waals surface area contributed by atoms with Crippen LogP contribution < -0.4 is 14.5 Å². The normalized spacial score (nSPS) is 20.4. The fraction of sp³-hybridized carbons (Fsp3) is 0.560. The maximum Gasteiger partial charge on any atom is 0.267 e. The lowest BCUT2D eigenvalue weighted by molar-refractivity contribution is -0.0220. The topological polar surface area (TPSA) is 125 Å². The number of alkyl halides is 2. The predicted octanol–water partition coefficient (Wildman–Crippen LogP) is 4.21. The van der Waals surface area contributed by atoms with Gasteiger partial charge in [0, 0.05) is 44.4 Å². The molecule has 0 amide bonds. The molecule has 2 saturated heterocycles. The summed E-state index contributed by atoms with van der Waals surface area (Å²) in [4.78, 5) is 8.63. The highest BCUT2D eigenvalue weighted by molar-refractivity contribution is 7.92. The van der Waals surface area contributed by atoms with E-state index in [9.17, 15) is 17.2 Å². The first-order valence-electron chi connectivity index (χ1n) is 13.1. The number of hydrogen-bond donors (Lipinski definition) is 2. The molecule has 0 radical (unpaired) electrons. The third kappa shape index (κ3) is 5.73. The van der Waals surface area contributed by atoms with Gasteiger partial charge in [-0.2, -0.15) is 0 Å². The molecule has 4 heterocycles. The van der Waals surface area contributed by atoms with Crippen molar-refractivity contribution in [1.82, 2.24) is 15.2 Å². The van der Waals surface area contributed by atoms with Crippen molar-refractivity contribution >= 4 is 37.9 Å². The molecule has 3 aliphatic rings. The van der Waals surface area contributed by atoms with E-state index in [2.05, 4.69) is 24.8 Å². The molecule has 2 N–H and O–H groups in total. The first-order chi connectivity index (χ1) is 18.6. The maximum absolute atomic E-state index is 13.6. The van der Waals surface area contributed by atoms with Crippen molar-refractivity contribution < 1.29 is 26.7 Å². The van der Waals surface area contributed by atoms with Crippen molar-refractivity contribution in [2.75, 3.05) is 53.1 Å². The quantitative estimate of drug-likeness (QED) is 0.403. The first kappa shape index (κ1) is 26.4. The summed E-state index contributed by atoms with van der Waals surface area (Å²) in [6.45, 7) is 1.69. The van der Waals surface area contributed by atoms with E-state index in [1.54, 1.807) is 23.6 Å². The third-order valence-electron chi connectivity index (χ3n) is 7.89. The number of rotatable bonds is 8. The highest BCUT2D eigenvalue weighted by Crippen LogP contribution is 2.54. The zero-order chi connectivity index (χ0) is 27.3. The van der Waals surface area contributed by atoms with Crippen LogP contribution in [-0.2, 0) is 10.0 Å². The van der Waals surface area contributed by atoms with Gasteiger partial charge in [-0.05, 0) is 49.3 Å². The van der Waals surface area contributed by atoms with E-state index in [4.69, 9.17) is 9.52 Å². The maximum atomic E-state index is 13.6. The molecule has 14 heteroatoms. The van der Waals surface area contributed by atoms with Gasteiger partial charge in [0.25, 0.3) is 11.8 Å². The molecule has 210 valence electrons. The number of nitrogens with one attached hydrogen (secondary N) is 1. The molecular weight excluding hydrogens is 550 g/mol. The second kappa shape index (κ2) is 9.97. The fourth-order valence-electron chi connectivity index (χ4n) is 5.26. The summed E-state index contributed by atoms with van der Waals surface area (Å²) in [6.07, 6.45) is 4.28. The number of aliphatic hydroxyl groups is 1. The Morgan fingerprint density at radius 2 is 1.69 bits per heavy atom. The number of anilines is 3. The van der Waals surface area contributed by atoms with Gasteiger partial charge in [0.05, 0.1) is 29.3 Å². The highest BCUT2D eigenvalue weighted by atomic mass is 32.2. The summed E-state index contributed by atoms with van der Waals surface area (Å²) in [5.41, 5.74) is 2.80. The van der Waals surface area contributed by atoms with Crippen LogP contribution in [-0.4, -0.2) is 73.2 Å². The summed E-state index contributed by atoms with van der Waals surface area (Å²) in [5, 5.41) is 20.0. The van der Waals surface area contributed by atoms with E-state index in [0.717, 1.165) is 31.6 Å². The van der Waals surface area contributed by atoms with Gasteiger partial charge in [-0.25, -0.2) is 22.2 Å². The van der Waals surface area contributed by atoms with Crippen molar-refractivity contribution in [2.24, 2.45) is 5.41 Å². The number of piperidine rings is 2. The van der Waals surface area contributed by atoms with Gasteiger partial charge in [0.1, 0.15) is 5.69 Å². The van der Waals surface area contributed by atoms with Gasteiger partial charge in [-0.1, -0.05) is 0 Å². The van der Waals surface area contributed by atoms with Crippen LogP contribution in [0.25, 0.3) is 23.0 Å². The summed E-state index contributed by atoms with van der Waals surface area (Å²) < 4.78 is 60.2. The van der Waals surface area contributed by atoms with Crippen LogP contribution in [0, 0.1) is 5.41 Å². The summed E-state index contributed by atoms with van der Waals surface area (Å²) in [6, 6.07) is 5.16. The minimum absolute atomic E-state index is 0.195. The Labute approximate surface area is 229 Å². The molecule has 10 nitrogen and oxygen atoms in total. The molecule has 0 bridgehead atoms. The Morgan fingerprint density at radius 1 is 1.00 bits per heavy atom. The number of nitrogens with zero attached hydrogens (tertiary/aromatic N) is 5. The van der Waals surface area contributed by atoms with Gasteiger partial charge in [0.2, 0.25) is 15.9 Å². The van der Waals surface area contributed by atoms with Gasteiger partial charge >= 0.3 is 0 Å². The minimum Gasteiger partial charge on any atom is -0.414 e. The Morgan fingerprint density at radius 3 is 2.38 bits per heavy atom. The molecule has 1 spiro atoms. The lowest BCUT2D eigenvalue weighted by Crippen LogP contribution is -2.39. The zero-order valence-electron chi connectivity index (χ0n) is 21.3. The van der Waals surface area contributed by atoms with Crippen molar-refractivity contribution in [3.63, 3.8) is 0 Å². The van der Waals surface area contributed by atoms with Crippen LogP contribution in [0.15, 0.2) is 28.0 Å². The Kier molecular flexibility index (Phi) is 6.74. The molecule has 3 aromatic rings. The zero-order valence-corrected chi connectivity index (χ0v) is 22.9. The lowest BCUT2D eigenvalue weighted by atomic mass is 9.93. The smallest absolute Gasteiger partial charge is 0.267 e. The van der Waals surface area contributed by atoms with E-state index < -0.39 is 28.3 Å². The molecule has 1 saturated carbocycles. The third-order valence-corrected chi connectivity index (χ3v) is 10.1. The van der Waals surface area contributed by atoms with E-state index in [1.807, 2.05) is 4.90 Å². The van der Waals surface area contributed by atoms with Crippen LogP contribution in [0.4, 0.5) is 25.3 Å². The van der Waals surface area contributed by atoms with Gasteiger partial charge < -0.3 is 19.3 Å². The molecule has 1 aromatic carbocycles. The second-order valence-corrected chi connectivity index (χ2v) is 13.3. The van der Waals surface area contributed by atoms with Crippen LogP contribution in [0.2, 0.25) is 0 Å². The van der Waals surface area contributed by atoms with E-state index in [-0.39, 0.29) is 37.7 Å². The fourth-order valence-corrected chi connectivity index (χ4v) is 6.94. The molecule has 39 heavy (non-hydrogen) atoms. The summed E-state index contributed by atoms with van der Waals surface area (Å²) >= 11 is 1.35. The number of hydrogen-bond acceptors (Lipinski definition) is 10. The number of halogens is 2. The van der Waals surface area contributed by atoms with Gasteiger partial charge in [-0.3, -0.25) is 4.72 Å². The van der Waals surface area contributed by atoms with E-state index >= 15 is 0 Å². The minimum atomic E-state index is -3.69. The Hall–Kier alpha value is -2.84. The van der Waals surface area contributed by atoms with Gasteiger partial charge in [0.15, 0.2) is 5.13 Å². The first-order valence-corrected chi connectivity index (χ1v) is 15.6. The average molecular weight is 581 g/mol. The van der Waals surface area contributed by atoms with Gasteiger partial charge in [-0.15, -0.1) is 21.5 Å². The predicted molar refractivity (Wildman–Crippen MR) is 145 cm³/mol. The number of thiazole rings is 1. The van der Waals surface area contributed by atoms with Crippen molar-refractivity contribution in [2.45, 2.75) is 44.4 Å². The van der Waals surface area contributed by atoms with Crippen LogP contribution in [0.3, 0.4) is 0 Å². The van der Waals surface area contributed by atoms with Crippen molar-refractivity contribution in [1.29, 1.82) is 0 Å². The highest BCUT2D eigenvalue weighted by Gasteiger charge is 2.44.